The molecule has 0 bridgehead atoms. The van der Waals surface area contributed by atoms with E-state index >= 15 is 0 Å². The quantitative estimate of drug-likeness (QED) is 0.129. The third-order valence-electron chi connectivity index (χ3n) is 13.6. The summed E-state index contributed by atoms with van der Waals surface area (Å²) in [6.45, 7) is 0. The van der Waals surface area contributed by atoms with Crippen LogP contribution >= 0.6 is 0 Å². The normalized spacial score (nSPS) is 11.5. The summed E-state index contributed by atoms with van der Waals surface area (Å²) in [7, 11) is 22.5. The maximum absolute atomic E-state index is 5.30. The molecule has 1 aromatic heterocycles. The van der Waals surface area contributed by atoms with Gasteiger partial charge < -0.3 is 0 Å². The first-order chi connectivity index (χ1) is 27.5. The molecule has 260 valence electrons. The number of rotatable bonds is 5. The molecule has 0 saturated heterocycles. The Morgan fingerprint density at radius 3 is 1.09 bits per heavy atom. The molecule has 0 atom stereocenters. The molecule has 0 aliphatic heterocycles. The second-order valence-corrected chi connectivity index (χ2v) is 16.2. The molecule has 2 nitrogen and oxygen atoms in total. The van der Waals surface area contributed by atoms with Gasteiger partial charge >= 0.3 is 0 Å². The molecule has 0 N–H and O–H groups in total. The van der Waals surface area contributed by atoms with Crippen molar-refractivity contribution in [1.29, 1.82) is 0 Å². The summed E-state index contributed by atoms with van der Waals surface area (Å²) < 4.78 is 2.36. The SMILES string of the molecule is Bc1c(B)c(B)c(-c2ccc(-c3c4ccccc4c(-c4ccc(-n5c(-c6c(B)c(B)c(B)c(B)c6B)nc6ccccc65)cc4)c4ccccc34)cc2)c(B)c1B. The molecule has 0 aliphatic carbocycles. The van der Waals surface area contributed by atoms with Gasteiger partial charge in [0.15, 0.2) is 0 Å². The van der Waals surface area contributed by atoms with Crippen molar-refractivity contribution < 1.29 is 0 Å². The van der Waals surface area contributed by atoms with Crippen LogP contribution in [0.2, 0.25) is 0 Å². The van der Waals surface area contributed by atoms with Gasteiger partial charge in [-0.15, -0.1) is 32.8 Å². The first-order valence-electron chi connectivity index (χ1n) is 20.2. The van der Waals surface area contributed by atoms with E-state index in [1.807, 2.05) is 0 Å². The number of benzene rings is 8. The average Bonchev–Trinajstić information content (AvgIpc) is 3.62. The van der Waals surface area contributed by atoms with Crippen molar-refractivity contribution in [2.45, 2.75) is 0 Å². The second-order valence-electron chi connectivity index (χ2n) is 16.2. The fourth-order valence-corrected chi connectivity index (χ4v) is 9.55. The molecule has 9 aromatic rings. The smallest absolute Gasteiger partial charge is 0.144 e. The third kappa shape index (κ3) is 5.74. The van der Waals surface area contributed by atoms with Gasteiger partial charge in [-0.2, -0.15) is 0 Å². The lowest BCUT2D eigenvalue weighted by atomic mass is 9.59. The number of imidazole rings is 1. The average molecular weight is 717 g/mol. The highest BCUT2D eigenvalue weighted by Gasteiger charge is 2.22. The molecular formula is C45H40B10N2. The highest BCUT2D eigenvalue weighted by Crippen LogP contribution is 2.44. The monoisotopic (exact) mass is 718 g/mol. The molecule has 0 spiro atoms. The zero-order valence-electron chi connectivity index (χ0n) is 34.9. The standard InChI is InChI=1S/C45H40B10N2/c46-35-33(36(47)40(51)43(54)39(35)50)23-15-13-21(14-16-23)31-25-7-1-3-9-27(25)32(28-10-4-2-8-26(28)31)22-17-19-24(20-18-22)57-30-12-6-5-11-29(30)56-45(57)34-37(48)41(52)44(55)42(53)38(34)49/h1-20H,46-55H2. The van der Waals surface area contributed by atoms with E-state index in [0.29, 0.717) is 0 Å². The highest BCUT2D eigenvalue weighted by molar-refractivity contribution is 6.69. The molecule has 0 radical (unpaired) electrons. The Labute approximate surface area is 345 Å². The molecule has 0 fully saturated rings. The maximum Gasteiger partial charge on any atom is 0.144 e. The summed E-state index contributed by atoms with van der Waals surface area (Å²) in [5.74, 6) is 0.995. The fraction of sp³-hybridized carbons (Fsp3) is 0. The number of hydrogen-bond donors (Lipinski definition) is 0. The summed E-state index contributed by atoms with van der Waals surface area (Å²) in [4.78, 5) is 5.30. The summed E-state index contributed by atoms with van der Waals surface area (Å²) in [6.07, 6.45) is 0. The van der Waals surface area contributed by atoms with E-state index in [0.717, 1.165) is 22.5 Å². The van der Waals surface area contributed by atoms with E-state index in [4.69, 9.17) is 4.98 Å². The van der Waals surface area contributed by atoms with Crippen LogP contribution in [0.5, 0.6) is 0 Å². The molecule has 0 amide bonds. The van der Waals surface area contributed by atoms with Crippen LogP contribution in [0, 0.1) is 0 Å². The van der Waals surface area contributed by atoms with Gasteiger partial charge in [0, 0.05) is 11.3 Å². The summed E-state index contributed by atoms with van der Waals surface area (Å²) >= 11 is 0. The van der Waals surface area contributed by atoms with Crippen LogP contribution < -0.4 is 54.6 Å². The van der Waals surface area contributed by atoms with Gasteiger partial charge in [0.25, 0.3) is 0 Å². The fourth-order valence-electron chi connectivity index (χ4n) is 9.55. The predicted molar refractivity (Wildman–Crippen MR) is 280 cm³/mol. The summed E-state index contributed by atoms with van der Waals surface area (Å²) in [6, 6.07) is 44.9. The van der Waals surface area contributed by atoms with E-state index in [1.165, 1.54) is 115 Å². The lowest BCUT2D eigenvalue weighted by Crippen LogP contribution is -2.55. The van der Waals surface area contributed by atoms with E-state index in [9.17, 15) is 0 Å². The molecule has 1 heterocycles. The van der Waals surface area contributed by atoms with Gasteiger partial charge in [0.2, 0.25) is 0 Å². The molecular weight excluding hydrogens is 677 g/mol. The van der Waals surface area contributed by atoms with Gasteiger partial charge in [-0.25, -0.2) is 4.98 Å². The minimum Gasteiger partial charge on any atom is -0.292 e. The highest BCUT2D eigenvalue weighted by atomic mass is 15.1. The molecule has 12 heteroatoms. The van der Waals surface area contributed by atoms with E-state index in [1.54, 1.807) is 0 Å². The van der Waals surface area contributed by atoms with Crippen LogP contribution in [0.4, 0.5) is 0 Å². The van der Waals surface area contributed by atoms with Crippen LogP contribution in [0.1, 0.15) is 0 Å². The zero-order valence-corrected chi connectivity index (χ0v) is 34.9. The number of nitrogens with zero attached hydrogens (tertiary/aromatic N) is 2. The minimum atomic E-state index is 0.995. The summed E-state index contributed by atoms with van der Waals surface area (Å²) in [5.41, 5.74) is 25.6. The first-order valence-corrected chi connectivity index (χ1v) is 20.2. The van der Waals surface area contributed by atoms with Crippen LogP contribution in [0.25, 0.3) is 83.0 Å². The van der Waals surface area contributed by atoms with Crippen molar-refractivity contribution in [3.05, 3.63) is 121 Å². The van der Waals surface area contributed by atoms with Gasteiger partial charge in [-0.05, 0) is 79.2 Å². The molecule has 57 heavy (non-hydrogen) atoms. The van der Waals surface area contributed by atoms with Gasteiger partial charge in [-0.1, -0.05) is 119 Å². The third-order valence-corrected chi connectivity index (χ3v) is 13.6. The Hall–Kier alpha value is -5.60. The summed E-state index contributed by atoms with van der Waals surface area (Å²) in [5, 5.41) is 5.03. The van der Waals surface area contributed by atoms with Crippen molar-refractivity contribution in [3.63, 3.8) is 0 Å². The van der Waals surface area contributed by atoms with E-state index in [-0.39, 0.29) is 0 Å². The van der Waals surface area contributed by atoms with Gasteiger partial charge in [-0.3, -0.25) is 4.57 Å². The van der Waals surface area contributed by atoms with Gasteiger partial charge in [0.1, 0.15) is 84.3 Å². The Balaban J connectivity index is 1.20. The van der Waals surface area contributed by atoms with Crippen molar-refractivity contribution in [2.75, 3.05) is 0 Å². The largest absolute Gasteiger partial charge is 0.292 e. The number of para-hydroxylation sites is 2. The number of fused-ring (bicyclic) bond motifs is 3. The molecule has 8 aromatic carbocycles. The second kappa shape index (κ2) is 14.1. The van der Waals surface area contributed by atoms with Crippen molar-refractivity contribution in [3.8, 4) is 50.5 Å². The Morgan fingerprint density at radius 2 is 0.649 bits per heavy atom. The lowest BCUT2D eigenvalue weighted by Gasteiger charge is -2.21. The van der Waals surface area contributed by atoms with Crippen LogP contribution in [-0.4, -0.2) is 88.0 Å². The number of hydrogen-bond acceptors (Lipinski definition) is 1. The lowest BCUT2D eigenvalue weighted by molar-refractivity contribution is 1.11. The van der Waals surface area contributed by atoms with Crippen LogP contribution in [0.15, 0.2) is 121 Å². The molecule has 0 aliphatic rings. The molecule has 0 unspecified atom stereocenters. The predicted octanol–water partition coefficient (Wildman–Crippen LogP) is -5.42. The zero-order chi connectivity index (χ0) is 39.9. The Morgan fingerprint density at radius 1 is 0.316 bits per heavy atom. The van der Waals surface area contributed by atoms with Crippen LogP contribution in [0.3, 0.4) is 0 Å². The van der Waals surface area contributed by atoms with E-state index < -0.39 is 0 Å². The number of aromatic nitrogens is 2. The van der Waals surface area contributed by atoms with Crippen LogP contribution in [-0.2, 0) is 0 Å². The van der Waals surface area contributed by atoms with Crippen molar-refractivity contribution >= 4 is 166 Å². The Kier molecular flexibility index (Phi) is 9.15. The van der Waals surface area contributed by atoms with Crippen molar-refractivity contribution in [2.24, 2.45) is 0 Å². The topological polar surface area (TPSA) is 17.8 Å². The molecule has 9 rings (SSSR count). The Bertz CT molecular complexity index is 3000. The van der Waals surface area contributed by atoms with Crippen molar-refractivity contribution in [1.82, 2.24) is 9.55 Å². The first kappa shape index (κ1) is 37.0. The maximum atomic E-state index is 5.30. The molecule has 0 saturated carbocycles. The minimum absolute atomic E-state index is 0.995. The van der Waals surface area contributed by atoms with E-state index in [2.05, 4.69) is 204 Å². The van der Waals surface area contributed by atoms with Gasteiger partial charge in [0.05, 0.1) is 11.0 Å².